The fourth-order valence-corrected chi connectivity index (χ4v) is 2.83. The van der Waals surface area contributed by atoms with E-state index in [0.717, 1.165) is 31.2 Å². The summed E-state index contributed by atoms with van der Waals surface area (Å²) in [4.78, 5) is 0. The lowest BCUT2D eigenvalue weighted by Crippen LogP contribution is -2.41. The lowest BCUT2D eigenvalue weighted by molar-refractivity contribution is 0.257. The van der Waals surface area contributed by atoms with E-state index in [9.17, 15) is 0 Å². The van der Waals surface area contributed by atoms with E-state index < -0.39 is 0 Å². The van der Waals surface area contributed by atoms with Gasteiger partial charge in [-0.1, -0.05) is 6.07 Å². The molecule has 0 spiro atoms. The number of ether oxygens (including phenoxy) is 1. The van der Waals surface area contributed by atoms with Gasteiger partial charge in [0.25, 0.3) is 0 Å². The number of hydrogen-bond acceptors (Lipinski definition) is 3. The molecule has 0 bridgehead atoms. The SMILES string of the molecule is COc1ccc(CCNCC2CC(N)C2)c(C)c1C. The van der Waals surface area contributed by atoms with Gasteiger partial charge in [0.15, 0.2) is 0 Å². The Kier molecular flexibility index (Phi) is 4.83. The minimum absolute atomic E-state index is 0.457. The second-order valence-corrected chi connectivity index (χ2v) is 5.73. The largest absolute Gasteiger partial charge is 0.496 e. The minimum Gasteiger partial charge on any atom is -0.496 e. The van der Waals surface area contributed by atoms with E-state index in [1.165, 1.54) is 29.5 Å². The highest BCUT2D eigenvalue weighted by atomic mass is 16.5. The summed E-state index contributed by atoms with van der Waals surface area (Å²) in [6.07, 6.45) is 3.46. The van der Waals surface area contributed by atoms with Crippen LogP contribution in [0.1, 0.15) is 29.5 Å². The molecule has 3 heteroatoms. The Morgan fingerprint density at radius 2 is 2.00 bits per heavy atom. The molecular formula is C16H26N2O. The lowest BCUT2D eigenvalue weighted by Gasteiger charge is -2.32. The van der Waals surface area contributed by atoms with Gasteiger partial charge in [-0.15, -0.1) is 0 Å². The van der Waals surface area contributed by atoms with Crippen LogP contribution in [0.5, 0.6) is 5.75 Å². The number of rotatable bonds is 6. The molecule has 0 aliphatic heterocycles. The number of nitrogens with one attached hydrogen (secondary N) is 1. The Morgan fingerprint density at radius 3 is 2.63 bits per heavy atom. The fourth-order valence-electron chi connectivity index (χ4n) is 2.83. The van der Waals surface area contributed by atoms with Crippen LogP contribution in [-0.4, -0.2) is 26.2 Å². The molecule has 0 unspecified atom stereocenters. The molecule has 1 aliphatic carbocycles. The van der Waals surface area contributed by atoms with Crippen LogP contribution in [0, 0.1) is 19.8 Å². The molecule has 0 aromatic heterocycles. The standard InChI is InChI=1S/C16H26N2O/c1-11-12(2)16(19-3)5-4-14(11)6-7-18-10-13-8-15(17)9-13/h4-5,13,15,18H,6-10,17H2,1-3H3. The van der Waals surface area contributed by atoms with Crippen molar-refractivity contribution in [2.24, 2.45) is 11.7 Å². The normalized spacial score (nSPS) is 22.1. The average molecular weight is 262 g/mol. The van der Waals surface area contributed by atoms with Gasteiger partial charge in [-0.3, -0.25) is 0 Å². The van der Waals surface area contributed by atoms with Crippen LogP contribution in [0.15, 0.2) is 12.1 Å². The van der Waals surface area contributed by atoms with Gasteiger partial charge < -0.3 is 15.8 Å². The first-order chi connectivity index (χ1) is 9.11. The predicted molar refractivity (Wildman–Crippen MR) is 79.7 cm³/mol. The minimum atomic E-state index is 0.457. The van der Waals surface area contributed by atoms with Gasteiger partial charge in [-0.2, -0.15) is 0 Å². The molecule has 1 saturated carbocycles. The van der Waals surface area contributed by atoms with Crippen molar-refractivity contribution in [3.05, 3.63) is 28.8 Å². The number of nitrogens with two attached hydrogens (primary N) is 1. The smallest absolute Gasteiger partial charge is 0.122 e. The van der Waals surface area contributed by atoms with Crippen LogP contribution < -0.4 is 15.8 Å². The quantitative estimate of drug-likeness (QED) is 0.773. The molecular weight excluding hydrogens is 236 g/mol. The van der Waals surface area contributed by atoms with Crippen LogP contribution >= 0.6 is 0 Å². The van der Waals surface area contributed by atoms with Crippen molar-refractivity contribution in [2.75, 3.05) is 20.2 Å². The summed E-state index contributed by atoms with van der Waals surface area (Å²) in [6.45, 7) is 6.46. The van der Waals surface area contributed by atoms with E-state index in [1.54, 1.807) is 7.11 Å². The summed E-state index contributed by atoms with van der Waals surface area (Å²) in [7, 11) is 1.73. The fraction of sp³-hybridized carbons (Fsp3) is 0.625. The first-order valence-corrected chi connectivity index (χ1v) is 7.21. The summed E-state index contributed by atoms with van der Waals surface area (Å²) in [5.74, 6) is 1.78. The zero-order valence-electron chi connectivity index (χ0n) is 12.3. The molecule has 0 atom stereocenters. The monoisotopic (exact) mass is 262 g/mol. The number of methoxy groups -OCH3 is 1. The second kappa shape index (κ2) is 6.40. The summed E-state index contributed by atoms with van der Waals surface area (Å²) in [5.41, 5.74) is 9.81. The van der Waals surface area contributed by atoms with E-state index in [2.05, 4.69) is 31.3 Å². The molecule has 1 aromatic rings. The summed E-state index contributed by atoms with van der Waals surface area (Å²) >= 11 is 0. The molecule has 3 nitrogen and oxygen atoms in total. The maximum absolute atomic E-state index is 5.79. The van der Waals surface area contributed by atoms with Gasteiger partial charge in [-0.25, -0.2) is 0 Å². The van der Waals surface area contributed by atoms with Crippen LogP contribution in [0.25, 0.3) is 0 Å². The van der Waals surface area contributed by atoms with Gasteiger partial charge in [0.2, 0.25) is 0 Å². The Labute approximate surface area is 116 Å². The van der Waals surface area contributed by atoms with Gasteiger partial charge >= 0.3 is 0 Å². The Bertz CT molecular complexity index is 425. The third kappa shape index (κ3) is 3.48. The molecule has 1 aliphatic rings. The number of hydrogen-bond donors (Lipinski definition) is 2. The van der Waals surface area contributed by atoms with Gasteiger partial charge in [-0.05, 0) is 74.9 Å². The summed E-state index contributed by atoms with van der Waals surface area (Å²) in [5, 5.41) is 3.54. The molecule has 0 saturated heterocycles. The summed E-state index contributed by atoms with van der Waals surface area (Å²) in [6, 6.07) is 4.71. The molecule has 1 aromatic carbocycles. The van der Waals surface area contributed by atoms with Gasteiger partial charge in [0, 0.05) is 6.04 Å². The predicted octanol–water partition coefficient (Wildman–Crippen LogP) is 2.18. The Hall–Kier alpha value is -1.06. The third-order valence-electron chi connectivity index (χ3n) is 4.35. The summed E-state index contributed by atoms with van der Waals surface area (Å²) < 4.78 is 5.34. The molecule has 3 N–H and O–H groups in total. The van der Waals surface area contributed by atoms with Crippen molar-refractivity contribution in [3.63, 3.8) is 0 Å². The lowest BCUT2D eigenvalue weighted by atomic mass is 9.81. The van der Waals surface area contributed by atoms with Crippen molar-refractivity contribution in [2.45, 2.75) is 39.2 Å². The van der Waals surface area contributed by atoms with Crippen molar-refractivity contribution in [1.82, 2.24) is 5.32 Å². The highest BCUT2D eigenvalue weighted by Gasteiger charge is 2.24. The maximum atomic E-state index is 5.79. The third-order valence-corrected chi connectivity index (χ3v) is 4.35. The first kappa shape index (κ1) is 14.4. The molecule has 0 amide bonds. The Balaban J connectivity index is 1.78. The van der Waals surface area contributed by atoms with Crippen LogP contribution in [0.3, 0.4) is 0 Å². The molecule has 106 valence electrons. The van der Waals surface area contributed by atoms with Gasteiger partial charge in [0.05, 0.1) is 7.11 Å². The zero-order chi connectivity index (χ0) is 13.8. The molecule has 0 heterocycles. The van der Waals surface area contributed by atoms with Crippen LogP contribution in [0.2, 0.25) is 0 Å². The van der Waals surface area contributed by atoms with Crippen molar-refractivity contribution in [1.29, 1.82) is 0 Å². The van der Waals surface area contributed by atoms with Crippen molar-refractivity contribution in [3.8, 4) is 5.75 Å². The number of benzene rings is 1. The van der Waals surface area contributed by atoms with E-state index in [0.29, 0.717) is 6.04 Å². The molecule has 0 radical (unpaired) electrons. The highest BCUT2D eigenvalue weighted by Crippen LogP contribution is 2.25. The van der Waals surface area contributed by atoms with Crippen LogP contribution in [-0.2, 0) is 6.42 Å². The zero-order valence-corrected chi connectivity index (χ0v) is 12.3. The van der Waals surface area contributed by atoms with E-state index in [-0.39, 0.29) is 0 Å². The molecule has 1 fully saturated rings. The van der Waals surface area contributed by atoms with E-state index in [1.807, 2.05) is 0 Å². The Morgan fingerprint density at radius 1 is 1.26 bits per heavy atom. The maximum Gasteiger partial charge on any atom is 0.122 e. The molecule has 19 heavy (non-hydrogen) atoms. The second-order valence-electron chi connectivity index (χ2n) is 5.73. The topological polar surface area (TPSA) is 47.3 Å². The first-order valence-electron chi connectivity index (χ1n) is 7.21. The van der Waals surface area contributed by atoms with Gasteiger partial charge in [0.1, 0.15) is 5.75 Å². The van der Waals surface area contributed by atoms with E-state index in [4.69, 9.17) is 10.5 Å². The highest BCUT2D eigenvalue weighted by molar-refractivity contribution is 5.43. The average Bonchev–Trinajstić information content (AvgIpc) is 2.37. The van der Waals surface area contributed by atoms with Crippen molar-refractivity contribution >= 4 is 0 Å². The molecule has 2 rings (SSSR count). The van der Waals surface area contributed by atoms with E-state index >= 15 is 0 Å². The van der Waals surface area contributed by atoms with Crippen molar-refractivity contribution < 1.29 is 4.74 Å². The van der Waals surface area contributed by atoms with Crippen LogP contribution in [0.4, 0.5) is 0 Å².